The normalized spacial score (nSPS) is 12.2. The summed E-state index contributed by atoms with van der Waals surface area (Å²) in [6, 6.07) is 2.87. The molecule has 1 heterocycles. The smallest absolute Gasteiger partial charge is 0.339 e. The second-order valence-electron chi connectivity index (χ2n) is 3.75. The first-order valence-corrected chi connectivity index (χ1v) is 5.69. The minimum atomic E-state index is -1.05. The molecule has 0 aliphatic carbocycles. The number of hydrogen-bond acceptors (Lipinski definition) is 4. The number of halogens is 1. The van der Waals surface area contributed by atoms with Crippen LogP contribution >= 0.6 is 11.6 Å². The SMILES string of the molecule is CC(CCCO)Nc1nc(Cl)ccc1C(=O)O. The topological polar surface area (TPSA) is 82.5 Å². The molecule has 0 aromatic carbocycles. The van der Waals surface area contributed by atoms with Crippen molar-refractivity contribution in [2.45, 2.75) is 25.8 Å². The van der Waals surface area contributed by atoms with Crippen molar-refractivity contribution in [3.63, 3.8) is 0 Å². The number of anilines is 1. The lowest BCUT2D eigenvalue weighted by molar-refractivity contribution is 0.0697. The highest BCUT2D eigenvalue weighted by Crippen LogP contribution is 2.18. The van der Waals surface area contributed by atoms with E-state index in [2.05, 4.69) is 10.3 Å². The van der Waals surface area contributed by atoms with Gasteiger partial charge in [0.2, 0.25) is 0 Å². The van der Waals surface area contributed by atoms with Crippen molar-refractivity contribution in [3.05, 3.63) is 22.8 Å². The number of carbonyl (C=O) groups is 1. The number of carboxylic acid groups (broad SMARTS) is 1. The zero-order chi connectivity index (χ0) is 12.8. The average molecular weight is 259 g/mol. The van der Waals surface area contributed by atoms with Crippen LogP contribution in [0.15, 0.2) is 12.1 Å². The maximum absolute atomic E-state index is 11.0. The zero-order valence-corrected chi connectivity index (χ0v) is 10.2. The van der Waals surface area contributed by atoms with Crippen LogP contribution in [-0.4, -0.2) is 33.8 Å². The molecule has 0 saturated carbocycles. The Morgan fingerprint density at radius 3 is 2.88 bits per heavy atom. The van der Waals surface area contributed by atoms with Gasteiger partial charge in [0.1, 0.15) is 16.5 Å². The molecule has 0 saturated heterocycles. The fourth-order valence-corrected chi connectivity index (χ4v) is 1.57. The van der Waals surface area contributed by atoms with Gasteiger partial charge in [-0.15, -0.1) is 0 Å². The highest BCUT2D eigenvalue weighted by Gasteiger charge is 2.13. The lowest BCUT2D eigenvalue weighted by Crippen LogP contribution is -2.19. The summed E-state index contributed by atoms with van der Waals surface area (Å²) in [6.07, 6.45) is 1.38. The van der Waals surface area contributed by atoms with Crippen molar-refractivity contribution < 1.29 is 15.0 Å². The monoisotopic (exact) mass is 258 g/mol. The van der Waals surface area contributed by atoms with Crippen molar-refractivity contribution in [3.8, 4) is 0 Å². The highest BCUT2D eigenvalue weighted by molar-refractivity contribution is 6.29. The van der Waals surface area contributed by atoms with Crippen LogP contribution < -0.4 is 5.32 Å². The summed E-state index contributed by atoms with van der Waals surface area (Å²) in [4.78, 5) is 14.9. The van der Waals surface area contributed by atoms with Gasteiger partial charge < -0.3 is 15.5 Å². The molecule has 0 aliphatic rings. The quantitative estimate of drug-likeness (QED) is 0.680. The maximum atomic E-state index is 11.0. The Kier molecular flexibility index (Phi) is 5.18. The van der Waals surface area contributed by atoms with Gasteiger partial charge in [-0.3, -0.25) is 0 Å². The second-order valence-corrected chi connectivity index (χ2v) is 4.13. The Balaban J connectivity index is 2.81. The second kappa shape index (κ2) is 6.42. The van der Waals surface area contributed by atoms with Crippen molar-refractivity contribution in [1.29, 1.82) is 0 Å². The number of carboxylic acids is 1. The Hall–Kier alpha value is -1.33. The first kappa shape index (κ1) is 13.7. The molecule has 1 aromatic rings. The van der Waals surface area contributed by atoms with E-state index in [0.29, 0.717) is 6.42 Å². The third-order valence-corrected chi connectivity index (χ3v) is 2.48. The Bertz CT molecular complexity index is 398. The van der Waals surface area contributed by atoms with Gasteiger partial charge in [0.15, 0.2) is 0 Å². The van der Waals surface area contributed by atoms with E-state index in [1.165, 1.54) is 12.1 Å². The number of rotatable bonds is 6. The van der Waals surface area contributed by atoms with Crippen molar-refractivity contribution in [1.82, 2.24) is 4.98 Å². The molecule has 0 radical (unpaired) electrons. The molecular weight excluding hydrogens is 244 g/mol. The molecule has 17 heavy (non-hydrogen) atoms. The standard InChI is InChI=1S/C11H15ClN2O3/c1-7(3-2-6-15)13-10-8(11(16)17)4-5-9(12)14-10/h4-5,7,15H,2-3,6H2,1H3,(H,13,14)(H,16,17). The van der Waals surface area contributed by atoms with Gasteiger partial charge in [0.25, 0.3) is 0 Å². The minimum Gasteiger partial charge on any atom is -0.478 e. The zero-order valence-electron chi connectivity index (χ0n) is 9.48. The van der Waals surface area contributed by atoms with E-state index < -0.39 is 5.97 Å². The first-order valence-electron chi connectivity index (χ1n) is 5.32. The summed E-state index contributed by atoms with van der Waals surface area (Å²) in [5.74, 6) is -0.790. The predicted molar refractivity (Wildman–Crippen MR) is 65.6 cm³/mol. The minimum absolute atomic E-state index is 0.0196. The number of aromatic carboxylic acids is 1. The van der Waals surface area contributed by atoms with Gasteiger partial charge in [0.05, 0.1) is 0 Å². The summed E-state index contributed by atoms with van der Waals surface area (Å²) in [5, 5.41) is 20.9. The summed E-state index contributed by atoms with van der Waals surface area (Å²) in [5.41, 5.74) is 0.0882. The molecule has 1 atom stereocenters. The summed E-state index contributed by atoms with van der Waals surface area (Å²) in [6.45, 7) is 2.00. The Morgan fingerprint density at radius 2 is 2.29 bits per heavy atom. The molecule has 0 bridgehead atoms. The van der Waals surface area contributed by atoms with Crippen molar-refractivity contribution in [2.75, 3.05) is 11.9 Å². The third kappa shape index (κ3) is 4.20. The number of aliphatic hydroxyl groups excluding tert-OH is 1. The Morgan fingerprint density at radius 1 is 1.59 bits per heavy atom. The number of hydrogen-bond donors (Lipinski definition) is 3. The first-order chi connectivity index (χ1) is 8.04. The number of nitrogens with one attached hydrogen (secondary N) is 1. The van der Waals surface area contributed by atoms with Crippen LogP contribution in [0.2, 0.25) is 5.15 Å². The number of aliphatic hydroxyl groups is 1. The molecule has 0 spiro atoms. The van der Waals surface area contributed by atoms with Crippen LogP contribution in [0, 0.1) is 0 Å². The number of nitrogens with zero attached hydrogens (tertiary/aromatic N) is 1. The largest absolute Gasteiger partial charge is 0.478 e. The summed E-state index contributed by atoms with van der Waals surface area (Å²) < 4.78 is 0. The van der Waals surface area contributed by atoms with Gasteiger partial charge in [-0.25, -0.2) is 9.78 Å². The number of aromatic nitrogens is 1. The summed E-state index contributed by atoms with van der Waals surface area (Å²) >= 11 is 5.73. The van der Waals surface area contributed by atoms with E-state index in [0.717, 1.165) is 6.42 Å². The summed E-state index contributed by atoms with van der Waals surface area (Å²) in [7, 11) is 0. The molecule has 1 unspecified atom stereocenters. The molecule has 0 fully saturated rings. The molecule has 6 heteroatoms. The third-order valence-electron chi connectivity index (χ3n) is 2.27. The maximum Gasteiger partial charge on any atom is 0.339 e. The van der Waals surface area contributed by atoms with E-state index in [9.17, 15) is 4.79 Å². The van der Waals surface area contributed by atoms with Gasteiger partial charge >= 0.3 is 5.97 Å². The highest BCUT2D eigenvalue weighted by atomic mass is 35.5. The molecular formula is C11H15ClN2O3. The molecule has 1 rings (SSSR count). The molecule has 0 amide bonds. The molecule has 1 aromatic heterocycles. The van der Waals surface area contributed by atoms with Crippen LogP contribution in [0.1, 0.15) is 30.1 Å². The fourth-order valence-electron chi connectivity index (χ4n) is 1.42. The van der Waals surface area contributed by atoms with E-state index in [4.69, 9.17) is 21.8 Å². The molecule has 3 N–H and O–H groups in total. The average Bonchev–Trinajstić information content (AvgIpc) is 2.26. The molecule has 0 aliphatic heterocycles. The Labute approximate surface area is 104 Å². The van der Waals surface area contributed by atoms with Crippen molar-refractivity contribution in [2.24, 2.45) is 0 Å². The van der Waals surface area contributed by atoms with Crippen LogP contribution in [0.3, 0.4) is 0 Å². The lowest BCUT2D eigenvalue weighted by atomic mass is 10.1. The van der Waals surface area contributed by atoms with E-state index in [1.807, 2.05) is 6.92 Å². The van der Waals surface area contributed by atoms with E-state index in [-0.39, 0.29) is 29.2 Å². The fraction of sp³-hybridized carbons (Fsp3) is 0.455. The van der Waals surface area contributed by atoms with E-state index in [1.54, 1.807) is 0 Å². The van der Waals surface area contributed by atoms with Crippen LogP contribution in [0.25, 0.3) is 0 Å². The van der Waals surface area contributed by atoms with Gasteiger partial charge in [-0.05, 0) is 31.9 Å². The van der Waals surface area contributed by atoms with Gasteiger partial charge in [0, 0.05) is 12.6 Å². The van der Waals surface area contributed by atoms with Crippen molar-refractivity contribution >= 4 is 23.4 Å². The van der Waals surface area contributed by atoms with Gasteiger partial charge in [-0.2, -0.15) is 0 Å². The van der Waals surface area contributed by atoms with Crippen LogP contribution in [-0.2, 0) is 0 Å². The molecule has 5 nitrogen and oxygen atoms in total. The van der Waals surface area contributed by atoms with Crippen LogP contribution in [0.5, 0.6) is 0 Å². The van der Waals surface area contributed by atoms with E-state index >= 15 is 0 Å². The van der Waals surface area contributed by atoms with Gasteiger partial charge in [-0.1, -0.05) is 11.6 Å². The lowest BCUT2D eigenvalue weighted by Gasteiger charge is -2.15. The van der Waals surface area contributed by atoms with Crippen LogP contribution in [0.4, 0.5) is 5.82 Å². The number of pyridine rings is 1. The molecule has 94 valence electrons. The predicted octanol–water partition coefficient (Wildman–Crippen LogP) is 2.01.